The summed E-state index contributed by atoms with van der Waals surface area (Å²) < 4.78 is 5.84. The highest BCUT2D eigenvalue weighted by Gasteiger charge is 2.39. The number of hydrogen-bond donors (Lipinski definition) is 0. The van der Waals surface area contributed by atoms with Crippen molar-refractivity contribution in [3.8, 4) is 5.75 Å². The molecule has 1 aromatic rings. The predicted octanol–water partition coefficient (Wildman–Crippen LogP) is 3.77. The predicted molar refractivity (Wildman–Crippen MR) is 85.6 cm³/mol. The van der Waals surface area contributed by atoms with Gasteiger partial charge in [-0.15, -0.1) is 0 Å². The summed E-state index contributed by atoms with van der Waals surface area (Å²) in [6.45, 7) is 1.62. The molecule has 0 bridgehead atoms. The molecule has 3 aliphatic carbocycles. The van der Waals surface area contributed by atoms with E-state index in [2.05, 4.69) is 29.2 Å². The van der Waals surface area contributed by atoms with E-state index in [1.807, 2.05) is 0 Å². The average Bonchev–Trinajstić information content (AvgIpc) is 3.37. The van der Waals surface area contributed by atoms with Gasteiger partial charge >= 0.3 is 0 Å². The highest BCUT2D eigenvalue weighted by molar-refractivity contribution is 5.81. The Morgan fingerprint density at radius 2 is 1.77 bits per heavy atom. The first-order chi connectivity index (χ1) is 10.8. The lowest BCUT2D eigenvalue weighted by Crippen LogP contribution is -2.33. The van der Waals surface area contributed by atoms with Crippen molar-refractivity contribution < 1.29 is 9.53 Å². The zero-order chi connectivity index (χ0) is 14.9. The molecule has 0 saturated heterocycles. The van der Waals surface area contributed by atoms with Gasteiger partial charge in [0.2, 0.25) is 5.91 Å². The second kappa shape index (κ2) is 5.94. The number of ether oxygens (including phenoxy) is 1. The van der Waals surface area contributed by atoms with Crippen LogP contribution in [0.1, 0.15) is 50.5 Å². The summed E-state index contributed by atoms with van der Waals surface area (Å²) in [5.74, 6) is 2.43. The van der Waals surface area contributed by atoms with Crippen molar-refractivity contribution in [2.24, 2.45) is 11.8 Å². The monoisotopic (exact) mass is 299 g/mol. The lowest BCUT2D eigenvalue weighted by atomic mass is 9.86. The van der Waals surface area contributed by atoms with E-state index in [0.717, 1.165) is 37.7 Å². The minimum atomic E-state index is 0.325. The van der Waals surface area contributed by atoms with Gasteiger partial charge in [-0.1, -0.05) is 18.6 Å². The Labute approximate surface area is 132 Å². The van der Waals surface area contributed by atoms with Crippen LogP contribution in [0, 0.1) is 11.8 Å². The highest BCUT2D eigenvalue weighted by Crippen LogP contribution is 2.37. The number of carbonyl (C=O) groups excluding carboxylic acids is 1. The van der Waals surface area contributed by atoms with Crippen molar-refractivity contribution >= 4 is 5.91 Å². The third-order valence-electron chi connectivity index (χ3n) is 5.18. The molecule has 0 N–H and O–H groups in total. The lowest BCUT2D eigenvalue weighted by molar-refractivity contribution is -0.133. The third kappa shape index (κ3) is 3.29. The van der Waals surface area contributed by atoms with Crippen molar-refractivity contribution in [2.75, 3.05) is 6.61 Å². The maximum atomic E-state index is 12.4. The van der Waals surface area contributed by atoms with E-state index >= 15 is 0 Å². The summed E-state index contributed by atoms with van der Waals surface area (Å²) in [5, 5.41) is 0. The van der Waals surface area contributed by atoms with Gasteiger partial charge in [0.25, 0.3) is 0 Å². The molecule has 0 radical (unpaired) electrons. The minimum absolute atomic E-state index is 0.325. The molecule has 1 aromatic carbocycles. The van der Waals surface area contributed by atoms with Gasteiger partial charge in [-0.2, -0.15) is 0 Å². The Morgan fingerprint density at radius 1 is 1.05 bits per heavy atom. The maximum Gasteiger partial charge on any atom is 0.226 e. The standard InChI is InChI=1S/C19H25NO2/c21-19(16-6-7-16)20(17-8-9-17)12-14-4-10-18(11-5-14)22-13-15-2-1-3-15/h4-5,10-11,15-17H,1-3,6-9,12-13H2. The topological polar surface area (TPSA) is 29.5 Å². The van der Waals surface area contributed by atoms with E-state index in [9.17, 15) is 4.79 Å². The molecule has 0 aromatic heterocycles. The highest BCUT2D eigenvalue weighted by atomic mass is 16.5. The van der Waals surface area contributed by atoms with Crippen LogP contribution in [0.4, 0.5) is 0 Å². The van der Waals surface area contributed by atoms with Crippen molar-refractivity contribution in [1.29, 1.82) is 0 Å². The van der Waals surface area contributed by atoms with Crippen LogP contribution in [0.15, 0.2) is 24.3 Å². The van der Waals surface area contributed by atoms with Crippen molar-refractivity contribution in [2.45, 2.75) is 57.5 Å². The number of nitrogens with zero attached hydrogens (tertiary/aromatic N) is 1. The largest absolute Gasteiger partial charge is 0.493 e. The van der Waals surface area contributed by atoms with Gasteiger partial charge in [0.05, 0.1) is 6.61 Å². The number of benzene rings is 1. The van der Waals surface area contributed by atoms with Crippen molar-refractivity contribution in [3.63, 3.8) is 0 Å². The fraction of sp³-hybridized carbons (Fsp3) is 0.632. The molecular formula is C19H25NO2. The van der Waals surface area contributed by atoms with Gasteiger partial charge in [-0.25, -0.2) is 0 Å². The van der Waals surface area contributed by atoms with E-state index in [1.165, 1.54) is 37.7 Å². The zero-order valence-electron chi connectivity index (χ0n) is 13.2. The summed E-state index contributed by atoms with van der Waals surface area (Å²) in [7, 11) is 0. The van der Waals surface area contributed by atoms with Gasteiger partial charge in [0.15, 0.2) is 0 Å². The van der Waals surface area contributed by atoms with Gasteiger partial charge in [-0.05, 0) is 62.1 Å². The first-order valence-corrected chi connectivity index (χ1v) is 8.82. The molecule has 3 nitrogen and oxygen atoms in total. The van der Waals surface area contributed by atoms with Crippen LogP contribution < -0.4 is 4.74 Å². The second-order valence-corrected chi connectivity index (χ2v) is 7.22. The second-order valence-electron chi connectivity index (χ2n) is 7.22. The average molecular weight is 299 g/mol. The van der Waals surface area contributed by atoms with Crippen LogP contribution in [-0.4, -0.2) is 23.5 Å². The first kappa shape index (κ1) is 14.1. The van der Waals surface area contributed by atoms with E-state index in [-0.39, 0.29) is 0 Å². The number of amides is 1. The van der Waals surface area contributed by atoms with Gasteiger partial charge in [0, 0.05) is 18.5 Å². The summed E-state index contributed by atoms with van der Waals surface area (Å²) in [6.07, 6.45) is 8.54. The molecule has 3 fully saturated rings. The molecular weight excluding hydrogens is 274 g/mol. The molecule has 3 aliphatic rings. The Bertz CT molecular complexity index is 527. The van der Waals surface area contributed by atoms with E-state index in [0.29, 0.717) is 17.9 Å². The van der Waals surface area contributed by atoms with E-state index in [4.69, 9.17) is 4.74 Å². The Balaban J connectivity index is 1.33. The SMILES string of the molecule is O=C(C1CC1)N(Cc1ccc(OCC2CCC2)cc1)C1CC1. The maximum absolute atomic E-state index is 12.4. The van der Waals surface area contributed by atoms with Crippen LogP contribution >= 0.6 is 0 Å². The molecule has 4 rings (SSSR count). The van der Waals surface area contributed by atoms with Crippen LogP contribution in [0.5, 0.6) is 5.75 Å². The van der Waals surface area contributed by atoms with Gasteiger partial charge in [-0.3, -0.25) is 4.79 Å². The van der Waals surface area contributed by atoms with E-state index < -0.39 is 0 Å². The lowest BCUT2D eigenvalue weighted by Gasteiger charge is -2.25. The molecule has 0 unspecified atom stereocenters. The van der Waals surface area contributed by atoms with Crippen LogP contribution in [-0.2, 0) is 11.3 Å². The number of hydrogen-bond acceptors (Lipinski definition) is 2. The fourth-order valence-electron chi connectivity index (χ4n) is 3.10. The smallest absolute Gasteiger partial charge is 0.226 e. The quantitative estimate of drug-likeness (QED) is 0.767. The van der Waals surface area contributed by atoms with Gasteiger partial charge < -0.3 is 9.64 Å². The first-order valence-electron chi connectivity index (χ1n) is 8.82. The minimum Gasteiger partial charge on any atom is -0.493 e. The Morgan fingerprint density at radius 3 is 2.32 bits per heavy atom. The molecule has 0 atom stereocenters. The van der Waals surface area contributed by atoms with Crippen LogP contribution in [0.3, 0.4) is 0 Å². The van der Waals surface area contributed by atoms with Crippen LogP contribution in [0.25, 0.3) is 0 Å². The third-order valence-corrected chi connectivity index (χ3v) is 5.18. The summed E-state index contributed by atoms with van der Waals surface area (Å²) in [4.78, 5) is 14.5. The fourth-order valence-corrected chi connectivity index (χ4v) is 3.10. The zero-order valence-corrected chi connectivity index (χ0v) is 13.2. The summed E-state index contributed by atoms with van der Waals surface area (Å²) in [5.41, 5.74) is 1.22. The molecule has 118 valence electrons. The molecule has 1 amide bonds. The molecule has 0 heterocycles. The number of rotatable bonds is 7. The molecule has 3 heteroatoms. The Kier molecular flexibility index (Phi) is 3.81. The van der Waals surface area contributed by atoms with Gasteiger partial charge in [0.1, 0.15) is 5.75 Å². The van der Waals surface area contributed by atoms with E-state index in [1.54, 1.807) is 0 Å². The number of carbonyl (C=O) groups is 1. The van der Waals surface area contributed by atoms with Crippen LogP contribution in [0.2, 0.25) is 0 Å². The molecule has 3 saturated carbocycles. The normalized spacial score (nSPS) is 21.3. The van der Waals surface area contributed by atoms with Crippen molar-refractivity contribution in [3.05, 3.63) is 29.8 Å². The summed E-state index contributed by atoms with van der Waals surface area (Å²) >= 11 is 0. The molecule has 0 aliphatic heterocycles. The molecule has 22 heavy (non-hydrogen) atoms. The Hall–Kier alpha value is -1.51. The molecule has 0 spiro atoms. The summed E-state index contributed by atoms with van der Waals surface area (Å²) in [6, 6.07) is 8.85. The van der Waals surface area contributed by atoms with Crippen molar-refractivity contribution in [1.82, 2.24) is 4.90 Å².